The average molecular weight is 397 g/mol. The zero-order valence-corrected chi connectivity index (χ0v) is 16.1. The van der Waals surface area contributed by atoms with E-state index in [4.69, 9.17) is 4.74 Å². The third-order valence-corrected chi connectivity index (χ3v) is 6.29. The van der Waals surface area contributed by atoms with Gasteiger partial charge in [0, 0.05) is 6.54 Å². The molecule has 7 nitrogen and oxygen atoms in total. The summed E-state index contributed by atoms with van der Waals surface area (Å²) >= 11 is 0. The quantitative estimate of drug-likeness (QED) is 0.713. The molecule has 3 rings (SSSR count). The maximum Gasteiger partial charge on any atom is 0.258 e. The molecule has 0 bridgehead atoms. The van der Waals surface area contributed by atoms with Crippen molar-refractivity contribution in [2.45, 2.75) is 49.9 Å². The number of methoxy groups -OCH3 is 1. The van der Waals surface area contributed by atoms with E-state index in [1.54, 1.807) is 6.07 Å². The van der Waals surface area contributed by atoms with Crippen LogP contribution < -0.4 is 9.46 Å². The lowest BCUT2D eigenvalue weighted by atomic mass is 9.75. The Morgan fingerprint density at radius 3 is 2.74 bits per heavy atom. The van der Waals surface area contributed by atoms with E-state index in [1.165, 1.54) is 36.2 Å². The van der Waals surface area contributed by atoms with Gasteiger partial charge in [-0.05, 0) is 48.9 Å². The average Bonchev–Trinajstić information content (AvgIpc) is 3.07. The molecule has 0 saturated heterocycles. The minimum Gasteiger partial charge on any atom is -0.494 e. The van der Waals surface area contributed by atoms with E-state index in [0.29, 0.717) is 24.9 Å². The van der Waals surface area contributed by atoms with E-state index >= 15 is 0 Å². The van der Waals surface area contributed by atoms with Crippen molar-refractivity contribution in [3.63, 3.8) is 0 Å². The van der Waals surface area contributed by atoms with Crippen molar-refractivity contribution in [2.24, 2.45) is 5.92 Å². The summed E-state index contributed by atoms with van der Waals surface area (Å²) in [6.45, 7) is 2.41. The van der Waals surface area contributed by atoms with E-state index in [2.05, 4.69) is 9.82 Å². The van der Waals surface area contributed by atoms with Gasteiger partial charge in [-0.2, -0.15) is 5.10 Å². The predicted molar refractivity (Wildman–Crippen MR) is 97.3 cm³/mol. The first-order valence-electron chi connectivity index (χ1n) is 8.91. The lowest BCUT2D eigenvalue weighted by Crippen LogP contribution is -2.41. The summed E-state index contributed by atoms with van der Waals surface area (Å²) in [6, 6.07) is 5.19. The highest BCUT2D eigenvalue weighted by Crippen LogP contribution is 2.39. The van der Waals surface area contributed by atoms with Gasteiger partial charge in [0.2, 0.25) is 0 Å². The van der Waals surface area contributed by atoms with Gasteiger partial charge in [-0.25, -0.2) is 17.5 Å². The Morgan fingerprint density at radius 2 is 2.15 bits per heavy atom. The molecule has 1 aromatic heterocycles. The highest BCUT2D eigenvalue weighted by Gasteiger charge is 2.38. The fourth-order valence-electron chi connectivity index (χ4n) is 3.37. The highest BCUT2D eigenvalue weighted by atomic mass is 32.2. The first-order chi connectivity index (χ1) is 12.9. The number of aromatic nitrogens is 2. The summed E-state index contributed by atoms with van der Waals surface area (Å²) in [4.78, 5) is 0. The van der Waals surface area contributed by atoms with Crippen molar-refractivity contribution in [1.29, 1.82) is 0 Å². The SMILES string of the molecule is CCCn1nccc1S(=O)(=O)NC(c1ccc(OC)c(F)c1)C1CC(O)C1. The van der Waals surface area contributed by atoms with Gasteiger partial charge >= 0.3 is 0 Å². The maximum atomic E-state index is 14.2. The summed E-state index contributed by atoms with van der Waals surface area (Å²) in [5.74, 6) is -0.588. The summed E-state index contributed by atoms with van der Waals surface area (Å²) in [6.07, 6.45) is 2.63. The molecule has 0 radical (unpaired) electrons. The largest absolute Gasteiger partial charge is 0.494 e. The minimum absolute atomic E-state index is 0.0724. The van der Waals surface area contributed by atoms with Crippen LogP contribution in [0, 0.1) is 11.7 Å². The second-order valence-electron chi connectivity index (χ2n) is 6.77. The molecule has 0 aliphatic heterocycles. The lowest BCUT2D eigenvalue weighted by molar-refractivity contribution is 0.0279. The molecule has 2 N–H and O–H groups in total. The van der Waals surface area contributed by atoms with Gasteiger partial charge in [-0.15, -0.1) is 0 Å². The highest BCUT2D eigenvalue weighted by molar-refractivity contribution is 7.89. The van der Waals surface area contributed by atoms with E-state index < -0.39 is 28.0 Å². The molecule has 1 atom stereocenters. The van der Waals surface area contributed by atoms with Crippen LogP contribution in [-0.2, 0) is 16.6 Å². The first kappa shape index (κ1) is 19.8. The molecule has 1 aliphatic rings. The molecule has 0 amide bonds. The van der Waals surface area contributed by atoms with Crippen molar-refractivity contribution < 1.29 is 22.7 Å². The molecule has 27 heavy (non-hydrogen) atoms. The standard InChI is InChI=1S/C18H24FN3O4S/c1-3-8-22-17(6-7-20-22)27(24,25)21-18(13-9-14(23)10-13)12-4-5-16(26-2)15(19)11-12/h4-7,11,13-14,18,21,23H,3,8-10H2,1-2H3. The van der Waals surface area contributed by atoms with Crippen molar-refractivity contribution in [2.75, 3.05) is 7.11 Å². The molecule has 1 aliphatic carbocycles. The van der Waals surface area contributed by atoms with Gasteiger partial charge in [0.15, 0.2) is 16.6 Å². The Labute approximate surface area is 158 Å². The lowest BCUT2D eigenvalue weighted by Gasteiger charge is -2.38. The molecule has 1 unspecified atom stereocenters. The third-order valence-electron chi connectivity index (χ3n) is 4.83. The molecule has 9 heteroatoms. The van der Waals surface area contributed by atoms with Crippen LogP contribution in [-0.4, -0.2) is 36.5 Å². The topological polar surface area (TPSA) is 93.5 Å². The summed E-state index contributed by atoms with van der Waals surface area (Å²) in [5, 5.41) is 13.8. The number of ether oxygens (including phenoxy) is 1. The van der Waals surface area contributed by atoms with Crippen LogP contribution in [0.4, 0.5) is 4.39 Å². The third kappa shape index (κ3) is 4.15. The molecule has 2 aromatic rings. The Morgan fingerprint density at radius 1 is 1.41 bits per heavy atom. The molecule has 148 valence electrons. The van der Waals surface area contributed by atoms with Gasteiger partial charge in [0.25, 0.3) is 10.0 Å². The summed E-state index contributed by atoms with van der Waals surface area (Å²) < 4.78 is 49.1. The zero-order valence-electron chi connectivity index (χ0n) is 15.3. The monoisotopic (exact) mass is 397 g/mol. The van der Waals surface area contributed by atoms with Crippen LogP contribution in [0.5, 0.6) is 5.75 Å². The van der Waals surface area contributed by atoms with E-state index in [-0.39, 0.29) is 16.7 Å². The Balaban J connectivity index is 1.92. The van der Waals surface area contributed by atoms with E-state index in [1.807, 2.05) is 6.92 Å². The second kappa shape index (κ2) is 7.95. The number of hydrogen-bond donors (Lipinski definition) is 2. The Bertz CT molecular complexity index is 894. The summed E-state index contributed by atoms with van der Waals surface area (Å²) in [7, 11) is -2.50. The number of aryl methyl sites for hydroxylation is 1. The normalized spacial score (nSPS) is 20.9. The molecule has 1 fully saturated rings. The van der Waals surface area contributed by atoms with Gasteiger partial charge in [-0.1, -0.05) is 13.0 Å². The zero-order chi connectivity index (χ0) is 19.6. The summed E-state index contributed by atoms with van der Waals surface area (Å²) in [5.41, 5.74) is 0.496. The number of nitrogens with one attached hydrogen (secondary N) is 1. The minimum atomic E-state index is -3.87. The number of aliphatic hydroxyl groups is 1. The van der Waals surface area contributed by atoms with Crippen LogP contribution in [0.2, 0.25) is 0 Å². The van der Waals surface area contributed by atoms with Crippen LogP contribution >= 0.6 is 0 Å². The number of aliphatic hydroxyl groups excluding tert-OH is 1. The molecular formula is C18H24FN3O4S. The fourth-order valence-corrected chi connectivity index (χ4v) is 4.81. The molecule has 1 heterocycles. The number of sulfonamides is 1. The van der Waals surface area contributed by atoms with Crippen LogP contribution in [0.15, 0.2) is 35.5 Å². The van der Waals surface area contributed by atoms with E-state index in [0.717, 1.165) is 6.42 Å². The van der Waals surface area contributed by atoms with Crippen molar-refractivity contribution in [3.05, 3.63) is 41.8 Å². The number of hydrogen-bond acceptors (Lipinski definition) is 5. The number of halogens is 1. The van der Waals surface area contributed by atoms with Crippen LogP contribution in [0.25, 0.3) is 0 Å². The smallest absolute Gasteiger partial charge is 0.258 e. The van der Waals surface area contributed by atoms with Crippen molar-refractivity contribution in [3.8, 4) is 5.75 Å². The number of nitrogens with zero attached hydrogens (tertiary/aromatic N) is 2. The maximum absolute atomic E-state index is 14.2. The van der Waals surface area contributed by atoms with Gasteiger partial charge in [0.05, 0.1) is 25.5 Å². The second-order valence-corrected chi connectivity index (χ2v) is 8.43. The van der Waals surface area contributed by atoms with Crippen LogP contribution in [0.1, 0.15) is 37.8 Å². The van der Waals surface area contributed by atoms with E-state index in [9.17, 15) is 17.9 Å². The first-order valence-corrected chi connectivity index (χ1v) is 10.4. The molecular weight excluding hydrogens is 373 g/mol. The fraction of sp³-hybridized carbons (Fsp3) is 0.500. The predicted octanol–water partition coefficient (Wildman–Crippen LogP) is 2.23. The molecule has 1 saturated carbocycles. The molecule has 0 spiro atoms. The number of rotatable bonds is 8. The number of benzene rings is 1. The van der Waals surface area contributed by atoms with Crippen molar-refractivity contribution >= 4 is 10.0 Å². The van der Waals surface area contributed by atoms with Gasteiger partial charge in [-0.3, -0.25) is 4.68 Å². The Hall–Kier alpha value is -1.97. The molecule has 1 aromatic carbocycles. The van der Waals surface area contributed by atoms with Gasteiger partial charge in [0.1, 0.15) is 0 Å². The van der Waals surface area contributed by atoms with Crippen LogP contribution in [0.3, 0.4) is 0 Å². The van der Waals surface area contributed by atoms with Gasteiger partial charge < -0.3 is 9.84 Å². The van der Waals surface area contributed by atoms with Crippen molar-refractivity contribution in [1.82, 2.24) is 14.5 Å². The Kier molecular flexibility index (Phi) is 5.83.